The molecule has 1 N–H and O–H groups in total. The Labute approximate surface area is 86.3 Å². The topological polar surface area (TPSA) is 21.3 Å². The van der Waals surface area contributed by atoms with Gasteiger partial charge >= 0.3 is 0 Å². The number of hydrogen-bond donors (Lipinski definition) is 1. The lowest BCUT2D eigenvalue weighted by atomic mass is 10.1. The van der Waals surface area contributed by atoms with Gasteiger partial charge in [0, 0.05) is 6.04 Å². The summed E-state index contributed by atoms with van der Waals surface area (Å²) in [6.07, 6.45) is 1.05. The molecule has 0 aliphatic carbocycles. The molecule has 0 heterocycles. The average molecular weight is 193 g/mol. The van der Waals surface area contributed by atoms with Crippen LogP contribution in [0.4, 0.5) is 0 Å². The van der Waals surface area contributed by atoms with Gasteiger partial charge in [0.15, 0.2) is 0 Å². The van der Waals surface area contributed by atoms with E-state index in [-0.39, 0.29) is 0 Å². The van der Waals surface area contributed by atoms with Crippen molar-refractivity contribution < 1.29 is 4.74 Å². The van der Waals surface area contributed by atoms with Gasteiger partial charge in [-0.15, -0.1) is 0 Å². The summed E-state index contributed by atoms with van der Waals surface area (Å²) in [5.41, 5.74) is 1.29. The van der Waals surface area contributed by atoms with Gasteiger partial charge < -0.3 is 10.1 Å². The summed E-state index contributed by atoms with van der Waals surface area (Å²) in [7, 11) is 1.96. The van der Waals surface area contributed by atoms with Crippen molar-refractivity contribution in [1.29, 1.82) is 0 Å². The second-order valence-electron chi connectivity index (χ2n) is 3.43. The summed E-state index contributed by atoms with van der Waals surface area (Å²) in [6.45, 7) is 5.04. The minimum Gasteiger partial charge on any atom is -0.494 e. The molecule has 0 aliphatic heterocycles. The molecule has 1 aromatic rings. The molecule has 0 amide bonds. The molecule has 0 bridgehead atoms. The minimum atomic E-state index is 0.398. The van der Waals surface area contributed by atoms with Crippen LogP contribution in [0.25, 0.3) is 0 Å². The fraction of sp³-hybridized carbons (Fsp3) is 0.500. The van der Waals surface area contributed by atoms with E-state index in [1.54, 1.807) is 0 Å². The van der Waals surface area contributed by atoms with E-state index in [2.05, 4.69) is 31.3 Å². The van der Waals surface area contributed by atoms with Crippen molar-refractivity contribution in [3.8, 4) is 5.75 Å². The van der Waals surface area contributed by atoms with Crippen molar-refractivity contribution in [1.82, 2.24) is 5.32 Å². The standard InChI is InChI=1S/C12H19NO/c1-4-9-14-12-7-5-11(6-8-12)10(2)13-3/h5-8,10,13H,4,9H2,1-3H3. The van der Waals surface area contributed by atoms with Gasteiger partial charge in [0.05, 0.1) is 6.61 Å². The summed E-state index contributed by atoms with van der Waals surface area (Å²) < 4.78 is 5.50. The molecule has 0 aromatic heterocycles. The Morgan fingerprint density at radius 1 is 1.29 bits per heavy atom. The molecule has 0 spiro atoms. The first-order valence-electron chi connectivity index (χ1n) is 5.18. The molecular formula is C12H19NO. The zero-order valence-corrected chi connectivity index (χ0v) is 9.21. The molecule has 2 heteroatoms. The summed E-state index contributed by atoms with van der Waals surface area (Å²) in [5, 5.41) is 3.20. The molecule has 1 unspecified atom stereocenters. The molecule has 1 rings (SSSR count). The SMILES string of the molecule is CCCOc1ccc(C(C)NC)cc1. The van der Waals surface area contributed by atoms with Gasteiger partial charge in [0.2, 0.25) is 0 Å². The van der Waals surface area contributed by atoms with Crippen LogP contribution in [-0.2, 0) is 0 Å². The van der Waals surface area contributed by atoms with Gasteiger partial charge in [-0.05, 0) is 38.1 Å². The van der Waals surface area contributed by atoms with Crippen LogP contribution < -0.4 is 10.1 Å². The van der Waals surface area contributed by atoms with Gasteiger partial charge in [-0.1, -0.05) is 19.1 Å². The molecule has 0 radical (unpaired) electrons. The molecular weight excluding hydrogens is 174 g/mol. The predicted molar refractivity (Wildman–Crippen MR) is 59.7 cm³/mol. The average Bonchev–Trinajstić information content (AvgIpc) is 2.26. The van der Waals surface area contributed by atoms with E-state index >= 15 is 0 Å². The zero-order chi connectivity index (χ0) is 10.4. The lowest BCUT2D eigenvalue weighted by Gasteiger charge is -2.11. The molecule has 1 atom stereocenters. The number of ether oxygens (including phenoxy) is 1. The molecule has 0 aliphatic rings. The molecule has 0 saturated carbocycles. The maximum atomic E-state index is 5.50. The van der Waals surface area contributed by atoms with E-state index < -0.39 is 0 Å². The highest BCUT2D eigenvalue weighted by molar-refractivity contribution is 5.28. The first-order valence-corrected chi connectivity index (χ1v) is 5.18. The van der Waals surface area contributed by atoms with E-state index in [0.717, 1.165) is 18.8 Å². The monoisotopic (exact) mass is 193 g/mol. The van der Waals surface area contributed by atoms with Gasteiger partial charge in [-0.3, -0.25) is 0 Å². The zero-order valence-electron chi connectivity index (χ0n) is 9.21. The van der Waals surface area contributed by atoms with Gasteiger partial charge in [-0.25, -0.2) is 0 Å². The highest BCUT2D eigenvalue weighted by Gasteiger charge is 2.01. The number of benzene rings is 1. The van der Waals surface area contributed by atoms with E-state index in [1.165, 1.54) is 5.56 Å². The van der Waals surface area contributed by atoms with E-state index in [1.807, 2.05) is 19.2 Å². The minimum absolute atomic E-state index is 0.398. The molecule has 14 heavy (non-hydrogen) atoms. The third-order valence-electron chi connectivity index (χ3n) is 2.29. The van der Waals surface area contributed by atoms with Crippen molar-refractivity contribution in [2.45, 2.75) is 26.3 Å². The molecule has 0 fully saturated rings. The fourth-order valence-corrected chi connectivity index (χ4v) is 1.24. The number of nitrogens with one attached hydrogen (secondary N) is 1. The molecule has 2 nitrogen and oxygen atoms in total. The third kappa shape index (κ3) is 3.04. The quantitative estimate of drug-likeness (QED) is 0.776. The highest BCUT2D eigenvalue weighted by atomic mass is 16.5. The first-order chi connectivity index (χ1) is 6.77. The highest BCUT2D eigenvalue weighted by Crippen LogP contribution is 2.17. The van der Waals surface area contributed by atoms with Crippen molar-refractivity contribution >= 4 is 0 Å². The Hall–Kier alpha value is -1.02. The van der Waals surface area contributed by atoms with E-state index in [9.17, 15) is 0 Å². The molecule has 0 saturated heterocycles. The second kappa shape index (κ2) is 5.66. The smallest absolute Gasteiger partial charge is 0.119 e. The summed E-state index contributed by atoms with van der Waals surface area (Å²) in [6, 6.07) is 8.66. The van der Waals surface area contributed by atoms with Crippen molar-refractivity contribution in [3.05, 3.63) is 29.8 Å². The lowest BCUT2D eigenvalue weighted by Crippen LogP contribution is -2.11. The normalized spacial score (nSPS) is 12.5. The van der Waals surface area contributed by atoms with E-state index in [0.29, 0.717) is 6.04 Å². The Morgan fingerprint density at radius 2 is 1.93 bits per heavy atom. The maximum Gasteiger partial charge on any atom is 0.119 e. The van der Waals surface area contributed by atoms with Crippen LogP contribution in [-0.4, -0.2) is 13.7 Å². The third-order valence-corrected chi connectivity index (χ3v) is 2.29. The Kier molecular flexibility index (Phi) is 4.47. The van der Waals surface area contributed by atoms with Crippen LogP contribution in [0, 0.1) is 0 Å². The van der Waals surface area contributed by atoms with Crippen LogP contribution in [0.15, 0.2) is 24.3 Å². The molecule has 1 aromatic carbocycles. The van der Waals surface area contributed by atoms with Crippen LogP contribution in [0.3, 0.4) is 0 Å². The first kappa shape index (κ1) is 11.1. The van der Waals surface area contributed by atoms with Gasteiger partial charge in [0.1, 0.15) is 5.75 Å². The van der Waals surface area contributed by atoms with Crippen molar-refractivity contribution in [3.63, 3.8) is 0 Å². The summed E-state index contributed by atoms with van der Waals surface area (Å²) in [4.78, 5) is 0. The Morgan fingerprint density at radius 3 is 2.43 bits per heavy atom. The van der Waals surface area contributed by atoms with E-state index in [4.69, 9.17) is 4.74 Å². The summed E-state index contributed by atoms with van der Waals surface area (Å²) in [5.74, 6) is 0.957. The van der Waals surface area contributed by atoms with Crippen LogP contribution in [0.1, 0.15) is 31.9 Å². The van der Waals surface area contributed by atoms with Crippen molar-refractivity contribution in [2.24, 2.45) is 0 Å². The molecule has 78 valence electrons. The van der Waals surface area contributed by atoms with Crippen LogP contribution in [0.5, 0.6) is 5.75 Å². The van der Waals surface area contributed by atoms with Gasteiger partial charge in [-0.2, -0.15) is 0 Å². The second-order valence-corrected chi connectivity index (χ2v) is 3.43. The number of rotatable bonds is 5. The Balaban J connectivity index is 2.59. The van der Waals surface area contributed by atoms with Crippen LogP contribution >= 0.6 is 0 Å². The Bertz CT molecular complexity index is 256. The predicted octanol–water partition coefficient (Wildman–Crippen LogP) is 2.76. The van der Waals surface area contributed by atoms with Gasteiger partial charge in [0.25, 0.3) is 0 Å². The lowest BCUT2D eigenvalue weighted by molar-refractivity contribution is 0.317. The number of hydrogen-bond acceptors (Lipinski definition) is 2. The van der Waals surface area contributed by atoms with Crippen LogP contribution in [0.2, 0.25) is 0 Å². The van der Waals surface area contributed by atoms with Crippen molar-refractivity contribution in [2.75, 3.05) is 13.7 Å². The summed E-state index contributed by atoms with van der Waals surface area (Å²) >= 11 is 0. The largest absolute Gasteiger partial charge is 0.494 e. The maximum absolute atomic E-state index is 5.50. The fourth-order valence-electron chi connectivity index (χ4n) is 1.24.